The van der Waals surface area contributed by atoms with E-state index >= 15 is 0 Å². The maximum Gasteiger partial charge on any atom is 0.105 e. The van der Waals surface area contributed by atoms with Crippen molar-refractivity contribution in [2.24, 2.45) is 0 Å². The number of hydrogen-bond acceptors (Lipinski definition) is 3. The lowest BCUT2D eigenvalue weighted by Crippen LogP contribution is -2.33. The van der Waals surface area contributed by atoms with Gasteiger partial charge in [0.15, 0.2) is 0 Å². The minimum absolute atomic E-state index is 0.445. The number of furan rings is 1. The van der Waals surface area contributed by atoms with E-state index < -0.39 is 0 Å². The fraction of sp³-hybridized carbons (Fsp3) is 0.375. The van der Waals surface area contributed by atoms with Gasteiger partial charge in [-0.15, -0.1) is 11.8 Å². The first kappa shape index (κ1) is 14.2. The van der Waals surface area contributed by atoms with Gasteiger partial charge in [0, 0.05) is 23.1 Å². The van der Waals surface area contributed by atoms with Crippen LogP contribution in [-0.2, 0) is 6.42 Å². The molecular formula is C16H21NOS. The van der Waals surface area contributed by atoms with E-state index in [1.807, 2.05) is 23.9 Å². The molecule has 0 saturated heterocycles. The highest BCUT2D eigenvalue weighted by Gasteiger charge is 2.11. The predicted octanol–water partition coefficient (Wildman–Crippen LogP) is 3.90. The van der Waals surface area contributed by atoms with Gasteiger partial charge in [0.2, 0.25) is 0 Å². The molecule has 0 aliphatic carbocycles. The number of rotatable bonds is 7. The molecule has 0 amide bonds. The van der Waals surface area contributed by atoms with E-state index in [0.717, 1.165) is 24.5 Å². The summed E-state index contributed by atoms with van der Waals surface area (Å²) < 4.78 is 5.44. The van der Waals surface area contributed by atoms with Crippen LogP contribution in [0.5, 0.6) is 0 Å². The van der Waals surface area contributed by atoms with E-state index in [1.54, 1.807) is 6.26 Å². The number of nitrogens with one attached hydrogen (secondary N) is 1. The van der Waals surface area contributed by atoms with Crippen LogP contribution >= 0.6 is 11.8 Å². The summed E-state index contributed by atoms with van der Waals surface area (Å²) in [6, 6.07) is 13.0. The summed E-state index contributed by atoms with van der Waals surface area (Å²) in [5.41, 5.74) is 1.35. The van der Waals surface area contributed by atoms with E-state index in [9.17, 15) is 0 Å². The Bertz CT molecular complexity index is 481. The van der Waals surface area contributed by atoms with Crippen molar-refractivity contribution in [3.05, 3.63) is 54.0 Å². The maximum absolute atomic E-state index is 5.44. The van der Waals surface area contributed by atoms with Crippen molar-refractivity contribution in [1.82, 2.24) is 5.32 Å². The standard InChI is InChI=1S/C16H21NOS/c1-3-17-14(11-15-8-6-10-18-15)12-19-16-9-5-4-7-13(16)2/h4-10,14,17H,3,11-12H2,1-2H3. The average Bonchev–Trinajstić information content (AvgIpc) is 2.91. The molecule has 0 fully saturated rings. The van der Waals surface area contributed by atoms with Gasteiger partial charge in [-0.25, -0.2) is 0 Å². The van der Waals surface area contributed by atoms with Crippen LogP contribution in [0.15, 0.2) is 52.0 Å². The zero-order chi connectivity index (χ0) is 13.5. The van der Waals surface area contributed by atoms with E-state index in [2.05, 4.69) is 43.4 Å². The van der Waals surface area contributed by atoms with Gasteiger partial charge in [-0.2, -0.15) is 0 Å². The van der Waals surface area contributed by atoms with Crippen molar-refractivity contribution in [2.75, 3.05) is 12.3 Å². The quantitative estimate of drug-likeness (QED) is 0.776. The molecule has 2 aromatic rings. The highest BCUT2D eigenvalue weighted by atomic mass is 32.2. The number of likely N-dealkylation sites (N-methyl/N-ethyl adjacent to an activating group) is 1. The molecular weight excluding hydrogens is 254 g/mol. The Kier molecular flexibility index (Phi) is 5.55. The molecule has 102 valence electrons. The molecule has 2 nitrogen and oxygen atoms in total. The second kappa shape index (κ2) is 7.41. The molecule has 2 rings (SSSR count). The lowest BCUT2D eigenvalue weighted by Gasteiger charge is -2.17. The van der Waals surface area contributed by atoms with Crippen molar-refractivity contribution < 1.29 is 4.42 Å². The van der Waals surface area contributed by atoms with Crippen molar-refractivity contribution in [3.63, 3.8) is 0 Å². The highest BCUT2D eigenvalue weighted by molar-refractivity contribution is 7.99. The fourth-order valence-corrected chi connectivity index (χ4v) is 3.15. The Labute approximate surface area is 119 Å². The van der Waals surface area contributed by atoms with Crippen LogP contribution in [-0.4, -0.2) is 18.3 Å². The van der Waals surface area contributed by atoms with Crippen LogP contribution in [0.2, 0.25) is 0 Å². The largest absolute Gasteiger partial charge is 0.469 e. The van der Waals surface area contributed by atoms with E-state index in [1.165, 1.54) is 10.5 Å². The zero-order valence-corrected chi connectivity index (χ0v) is 12.4. The molecule has 0 spiro atoms. The Balaban J connectivity index is 1.91. The normalized spacial score (nSPS) is 12.5. The van der Waals surface area contributed by atoms with Crippen molar-refractivity contribution in [2.45, 2.75) is 31.2 Å². The van der Waals surface area contributed by atoms with Crippen LogP contribution < -0.4 is 5.32 Å². The summed E-state index contributed by atoms with van der Waals surface area (Å²) in [5.74, 6) is 2.11. The number of thioether (sulfide) groups is 1. The molecule has 0 radical (unpaired) electrons. The highest BCUT2D eigenvalue weighted by Crippen LogP contribution is 2.23. The third kappa shape index (κ3) is 4.44. The SMILES string of the molecule is CCNC(CSc1ccccc1C)Cc1ccco1. The molecule has 0 saturated carbocycles. The van der Waals surface area contributed by atoms with Crippen LogP contribution in [0.25, 0.3) is 0 Å². The third-order valence-electron chi connectivity index (χ3n) is 3.05. The van der Waals surface area contributed by atoms with Gasteiger partial charge in [-0.05, 0) is 37.2 Å². The predicted molar refractivity (Wildman–Crippen MR) is 81.8 cm³/mol. The molecule has 1 unspecified atom stereocenters. The first-order chi connectivity index (χ1) is 9.29. The molecule has 0 aliphatic heterocycles. The third-order valence-corrected chi connectivity index (χ3v) is 4.39. The Morgan fingerprint density at radius 2 is 2.05 bits per heavy atom. The summed E-state index contributed by atoms with van der Waals surface area (Å²) in [5, 5.41) is 3.53. The Morgan fingerprint density at radius 3 is 2.74 bits per heavy atom. The van der Waals surface area contributed by atoms with Gasteiger partial charge >= 0.3 is 0 Å². The fourth-order valence-electron chi connectivity index (χ4n) is 2.06. The van der Waals surface area contributed by atoms with Gasteiger partial charge in [-0.1, -0.05) is 25.1 Å². The van der Waals surface area contributed by atoms with Crippen molar-refractivity contribution in [3.8, 4) is 0 Å². The number of hydrogen-bond donors (Lipinski definition) is 1. The van der Waals surface area contributed by atoms with Gasteiger partial charge in [-0.3, -0.25) is 0 Å². The molecule has 1 heterocycles. The lowest BCUT2D eigenvalue weighted by atomic mass is 10.2. The molecule has 3 heteroatoms. The minimum atomic E-state index is 0.445. The summed E-state index contributed by atoms with van der Waals surface area (Å²) in [4.78, 5) is 1.37. The molecule has 1 aromatic carbocycles. The van der Waals surface area contributed by atoms with E-state index in [0.29, 0.717) is 6.04 Å². The van der Waals surface area contributed by atoms with Crippen LogP contribution in [0.3, 0.4) is 0 Å². The van der Waals surface area contributed by atoms with Crippen molar-refractivity contribution >= 4 is 11.8 Å². The molecule has 1 N–H and O–H groups in total. The Morgan fingerprint density at radius 1 is 1.21 bits per heavy atom. The van der Waals surface area contributed by atoms with Crippen LogP contribution in [0.1, 0.15) is 18.2 Å². The van der Waals surface area contributed by atoms with Gasteiger partial charge < -0.3 is 9.73 Å². The molecule has 1 atom stereocenters. The van der Waals surface area contributed by atoms with E-state index in [-0.39, 0.29) is 0 Å². The van der Waals surface area contributed by atoms with E-state index in [4.69, 9.17) is 4.42 Å². The number of aryl methyl sites for hydroxylation is 1. The van der Waals surface area contributed by atoms with Crippen LogP contribution in [0, 0.1) is 6.92 Å². The summed E-state index contributed by atoms with van der Waals surface area (Å²) in [6.07, 6.45) is 2.69. The maximum atomic E-state index is 5.44. The Hall–Kier alpha value is -1.19. The monoisotopic (exact) mass is 275 g/mol. The van der Waals surface area contributed by atoms with Gasteiger partial charge in [0.05, 0.1) is 6.26 Å². The summed E-state index contributed by atoms with van der Waals surface area (Å²) in [7, 11) is 0. The minimum Gasteiger partial charge on any atom is -0.469 e. The summed E-state index contributed by atoms with van der Waals surface area (Å²) in [6.45, 7) is 5.30. The molecule has 1 aromatic heterocycles. The second-order valence-corrected chi connectivity index (χ2v) is 5.68. The lowest BCUT2D eigenvalue weighted by molar-refractivity contribution is 0.465. The second-order valence-electron chi connectivity index (χ2n) is 4.61. The topological polar surface area (TPSA) is 25.2 Å². The molecule has 0 bridgehead atoms. The molecule has 19 heavy (non-hydrogen) atoms. The smallest absolute Gasteiger partial charge is 0.105 e. The van der Waals surface area contributed by atoms with Gasteiger partial charge in [0.25, 0.3) is 0 Å². The average molecular weight is 275 g/mol. The first-order valence-corrected chi connectivity index (χ1v) is 7.72. The molecule has 0 aliphatic rings. The van der Waals surface area contributed by atoms with Crippen molar-refractivity contribution in [1.29, 1.82) is 0 Å². The zero-order valence-electron chi connectivity index (χ0n) is 11.6. The number of benzene rings is 1. The summed E-state index contributed by atoms with van der Waals surface area (Å²) >= 11 is 1.91. The van der Waals surface area contributed by atoms with Gasteiger partial charge in [0.1, 0.15) is 5.76 Å². The van der Waals surface area contributed by atoms with Crippen LogP contribution in [0.4, 0.5) is 0 Å². The first-order valence-electron chi connectivity index (χ1n) is 6.73.